The largest absolute Gasteiger partial charge is 0.355 e. The van der Waals surface area contributed by atoms with Gasteiger partial charge in [-0.15, -0.1) is 0 Å². The summed E-state index contributed by atoms with van der Waals surface area (Å²) >= 11 is 0. The van der Waals surface area contributed by atoms with Crippen LogP contribution >= 0.6 is 0 Å². The minimum Gasteiger partial charge on any atom is -0.355 e. The highest BCUT2D eigenvalue weighted by atomic mass is 16.5. The maximum atomic E-state index is 11.5. The van der Waals surface area contributed by atoms with Crippen molar-refractivity contribution >= 4 is 16.8 Å². The third kappa shape index (κ3) is 2.61. The van der Waals surface area contributed by atoms with Gasteiger partial charge in [-0.2, -0.15) is 0 Å². The zero-order chi connectivity index (χ0) is 15.7. The Hall–Kier alpha value is -2.59. The fourth-order valence-corrected chi connectivity index (χ4v) is 2.54. The van der Waals surface area contributed by atoms with Gasteiger partial charge in [0.25, 0.3) is 5.91 Å². The standard InChI is InChI=1S/C18H18N2O2/c1-11(2)12-3-5-13(6-4-12)17-10-15-9-14(18(21)20-22)7-8-16(15)19-17/h3-11,19,22H,1-2H3,(H,20,21). The second-order valence-corrected chi connectivity index (χ2v) is 5.70. The maximum absolute atomic E-state index is 11.5. The molecule has 2 aromatic carbocycles. The van der Waals surface area contributed by atoms with Crippen LogP contribution in [0.15, 0.2) is 48.5 Å². The lowest BCUT2D eigenvalue weighted by molar-refractivity contribution is 0.0706. The molecule has 112 valence electrons. The van der Waals surface area contributed by atoms with Crippen LogP contribution in [0.1, 0.15) is 35.7 Å². The first-order chi connectivity index (χ1) is 10.6. The average Bonchev–Trinajstić information content (AvgIpc) is 2.97. The Balaban J connectivity index is 1.99. The van der Waals surface area contributed by atoms with Crippen molar-refractivity contribution in [1.29, 1.82) is 0 Å². The summed E-state index contributed by atoms with van der Waals surface area (Å²) < 4.78 is 0. The molecule has 0 fully saturated rings. The van der Waals surface area contributed by atoms with Crippen LogP contribution in [0.3, 0.4) is 0 Å². The first kappa shape index (κ1) is 14.4. The molecule has 0 aliphatic heterocycles. The van der Waals surface area contributed by atoms with E-state index >= 15 is 0 Å². The lowest BCUT2D eigenvalue weighted by Crippen LogP contribution is -2.18. The lowest BCUT2D eigenvalue weighted by Gasteiger charge is -2.05. The van der Waals surface area contributed by atoms with Crippen molar-refractivity contribution in [3.63, 3.8) is 0 Å². The fourth-order valence-electron chi connectivity index (χ4n) is 2.54. The second kappa shape index (κ2) is 5.66. The van der Waals surface area contributed by atoms with Gasteiger partial charge in [0.2, 0.25) is 0 Å². The van der Waals surface area contributed by atoms with Gasteiger partial charge in [-0.3, -0.25) is 10.0 Å². The maximum Gasteiger partial charge on any atom is 0.274 e. The first-order valence-corrected chi connectivity index (χ1v) is 7.26. The van der Waals surface area contributed by atoms with Crippen LogP contribution in [0.25, 0.3) is 22.2 Å². The van der Waals surface area contributed by atoms with Crippen LogP contribution in [0.5, 0.6) is 0 Å². The zero-order valence-corrected chi connectivity index (χ0v) is 12.6. The van der Waals surface area contributed by atoms with Crippen LogP contribution in [-0.4, -0.2) is 16.1 Å². The summed E-state index contributed by atoms with van der Waals surface area (Å²) in [6, 6.07) is 15.7. The molecule has 0 spiro atoms. The Kier molecular flexibility index (Phi) is 3.69. The van der Waals surface area contributed by atoms with E-state index in [0.717, 1.165) is 22.2 Å². The van der Waals surface area contributed by atoms with Crippen LogP contribution in [0, 0.1) is 0 Å². The van der Waals surface area contributed by atoms with Gasteiger partial charge in [0.1, 0.15) is 0 Å². The number of nitrogens with one attached hydrogen (secondary N) is 2. The number of aromatic amines is 1. The minimum atomic E-state index is -0.508. The number of hydroxylamine groups is 1. The molecule has 1 amide bonds. The van der Waals surface area contributed by atoms with E-state index in [2.05, 4.69) is 43.1 Å². The molecule has 22 heavy (non-hydrogen) atoms. The average molecular weight is 294 g/mol. The summed E-state index contributed by atoms with van der Waals surface area (Å²) in [7, 11) is 0. The van der Waals surface area contributed by atoms with Crippen molar-refractivity contribution in [2.24, 2.45) is 0 Å². The molecular weight excluding hydrogens is 276 g/mol. The van der Waals surface area contributed by atoms with E-state index in [4.69, 9.17) is 5.21 Å². The van der Waals surface area contributed by atoms with Crippen LogP contribution < -0.4 is 5.48 Å². The highest BCUT2D eigenvalue weighted by Crippen LogP contribution is 2.26. The molecular formula is C18H18N2O2. The molecule has 0 saturated heterocycles. The summed E-state index contributed by atoms with van der Waals surface area (Å²) in [5.41, 5.74) is 6.45. The number of carbonyl (C=O) groups excluding carboxylic acids is 1. The molecule has 1 aromatic heterocycles. The third-order valence-corrected chi connectivity index (χ3v) is 3.87. The number of hydrogen-bond donors (Lipinski definition) is 3. The molecule has 4 nitrogen and oxygen atoms in total. The Morgan fingerprint density at radius 1 is 1.09 bits per heavy atom. The van der Waals surface area contributed by atoms with Gasteiger partial charge in [0.15, 0.2) is 0 Å². The zero-order valence-electron chi connectivity index (χ0n) is 12.6. The Labute approximate surface area is 128 Å². The molecule has 1 heterocycles. The quantitative estimate of drug-likeness (QED) is 0.503. The molecule has 0 unspecified atom stereocenters. The van der Waals surface area contributed by atoms with Crippen LogP contribution in [-0.2, 0) is 0 Å². The molecule has 3 aromatic rings. The van der Waals surface area contributed by atoms with Crippen molar-refractivity contribution in [3.05, 3.63) is 59.7 Å². The Morgan fingerprint density at radius 3 is 2.45 bits per heavy atom. The number of benzene rings is 2. The fraction of sp³-hybridized carbons (Fsp3) is 0.167. The van der Waals surface area contributed by atoms with E-state index in [1.54, 1.807) is 17.6 Å². The molecule has 0 aliphatic carbocycles. The van der Waals surface area contributed by atoms with Crippen LogP contribution in [0.2, 0.25) is 0 Å². The number of hydrogen-bond acceptors (Lipinski definition) is 2. The van der Waals surface area contributed by atoms with E-state index in [1.165, 1.54) is 5.56 Å². The molecule has 0 saturated carbocycles. The summed E-state index contributed by atoms with van der Waals surface area (Å²) in [6.45, 7) is 4.34. The highest BCUT2D eigenvalue weighted by molar-refractivity contribution is 5.98. The topological polar surface area (TPSA) is 65.1 Å². The predicted octanol–water partition coefficient (Wildman–Crippen LogP) is 4.08. The number of rotatable bonds is 3. The monoisotopic (exact) mass is 294 g/mol. The first-order valence-electron chi connectivity index (χ1n) is 7.26. The minimum absolute atomic E-state index is 0.427. The van der Waals surface area contributed by atoms with Crippen molar-refractivity contribution in [1.82, 2.24) is 10.5 Å². The predicted molar refractivity (Wildman–Crippen MR) is 87.1 cm³/mol. The summed E-state index contributed by atoms with van der Waals surface area (Å²) in [4.78, 5) is 14.8. The van der Waals surface area contributed by atoms with Gasteiger partial charge in [-0.05, 0) is 41.3 Å². The van der Waals surface area contributed by atoms with E-state index in [1.807, 2.05) is 12.1 Å². The van der Waals surface area contributed by atoms with Crippen molar-refractivity contribution in [3.8, 4) is 11.3 Å². The summed E-state index contributed by atoms with van der Waals surface area (Å²) in [6.07, 6.45) is 0. The number of amides is 1. The van der Waals surface area contributed by atoms with Crippen molar-refractivity contribution in [2.45, 2.75) is 19.8 Å². The Morgan fingerprint density at radius 2 is 1.82 bits per heavy atom. The van der Waals surface area contributed by atoms with Crippen LogP contribution in [0.4, 0.5) is 0 Å². The number of H-pyrrole nitrogens is 1. The van der Waals surface area contributed by atoms with E-state index < -0.39 is 5.91 Å². The molecule has 0 aliphatic rings. The summed E-state index contributed by atoms with van der Waals surface area (Å²) in [5.74, 6) is 0.00209. The van der Waals surface area contributed by atoms with Gasteiger partial charge in [-0.1, -0.05) is 38.1 Å². The van der Waals surface area contributed by atoms with Gasteiger partial charge >= 0.3 is 0 Å². The molecule has 3 rings (SSSR count). The van der Waals surface area contributed by atoms with Gasteiger partial charge in [0, 0.05) is 22.2 Å². The summed E-state index contributed by atoms with van der Waals surface area (Å²) in [5, 5.41) is 9.64. The third-order valence-electron chi connectivity index (χ3n) is 3.87. The highest BCUT2D eigenvalue weighted by Gasteiger charge is 2.08. The van der Waals surface area contributed by atoms with Gasteiger partial charge in [0.05, 0.1) is 0 Å². The lowest BCUT2D eigenvalue weighted by atomic mass is 10.0. The number of fused-ring (bicyclic) bond motifs is 1. The smallest absolute Gasteiger partial charge is 0.274 e. The van der Waals surface area contributed by atoms with Gasteiger partial charge in [-0.25, -0.2) is 5.48 Å². The molecule has 0 atom stereocenters. The molecule has 4 heteroatoms. The van der Waals surface area contributed by atoms with E-state index in [0.29, 0.717) is 11.5 Å². The number of aromatic nitrogens is 1. The normalized spacial score (nSPS) is 11.1. The van der Waals surface area contributed by atoms with Crippen molar-refractivity contribution < 1.29 is 10.0 Å². The SMILES string of the molecule is CC(C)c1ccc(-c2cc3cc(C(=O)NO)ccc3[nH]2)cc1. The number of carbonyl (C=O) groups is 1. The van der Waals surface area contributed by atoms with Crippen molar-refractivity contribution in [2.75, 3.05) is 0 Å². The van der Waals surface area contributed by atoms with E-state index in [9.17, 15) is 4.79 Å². The molecule has 0 radical (unpaired) electrons. The molecule has 3 N–H and O–H groups in total. The molecule has 0 bridgehead atoms. The van der Waals surface area contributed by atoms with Gasteiger partial charge < -0.3 is 4.98 Å². The Bertz CT molecular complexity index is 817. The van der Waals surface area contributed by atoms with E-state index in [-0.39, 0.29) is 0 Å². The second-order valence-electron chi connectivity index (χ2n) is 5.70.